The number of amidine groups is 2. The molecule has 0 saturated heterocycles. The molecule has 0 bridgehead atoms. The van der Waals surface area contributed by atoms with E-state index in [-0.39, 0.29) is 30.5 Å². The minimum absolute atomic E-state index is 0.154. The average Bonchev–Trinajstić information content (AvgIpc) is 3.26. The van der Waals surface area contributed by atoms with Gasteiger partial charge >= 0.3 is 0 Å². The van der Waals surface area contributed by atoms with Crippen molar-refractivity contribution in [3.05, 3.63) is 95.3 Å². The molecule has 2 amide bonds. The van der Waals surface area contributed by atoms with Gasteiger partial charge in [0.15, 0.2) is 5.17 Å². The van der Waals surface area contributed by atoms with Crippen molar-refractivity contribution in [1.82, 2.24) is 10.2 Å². The van der Waals surface area contributed by atoms with Gasteiger partial charge in [0.2, 0.25) is 5.91 Å². The Labute approximate surface area is 218 Å². The minimum Gasteiger partial charge on any atom is -0.496 e. The van der Waals surface area contributed by atoms with Gasteiger partial charge in [-0.05, 0) is 42.3 Å². The number of hydrogen-bond acceptors (Lipinski definition) is 6. The van der Waals surface area contributed by atoms with Crippen LogP contribution in [-0.2, 0) is 21.9 Å². The van der Waals surface area contributed by atoms with E-state index in [1.807, 2.05) is 54.6 Å². The predicted molar refractivity (Wildman–Crippen MR) is 142 cm³/mol. The second-order valence-corrected chi connectivity index (χ2v) is 9.54. The van der Waals surface area contributed by atoms with Crippen LogP contribution >= 0.6 is 11.8 Å². The van der Waals surface area contributed by atoms with Gasteiger partial charge in [0, 0.05) is 29.8 Å². The van der Waals surface area contributed by atoms with Crippen LogP contribution in [0.2, 0.25) is 0 Å². The highest BCUT2D eigenvalue weighted by atomic mass is 32.2. The van der Waals surface area contributed by atoms with Gasteiger partial charge < -0.3 is 10.1 Å². The van der Waals surface area contributed by atoms with Gasteiger partial charge in [0.1, 0.15) is 23.4 Å². The highest BCUT2D eigenvalue weighted by molar-refractivity contribution is 8.13. The van der Waals surface area contributed by atoms with E-state index in [1.54, 1.807) is 13.2 Å². The number of halogens is 1. The standard InChI is InChI=1S/C28H25FN4O3S/c1-36-24-12-5-2-8-19(24)16-30-25(34)14-13-23-27(35)33-26(31-23)21-10-3-4-11-22(21)32-28(33)37-17-18-7-6-9-20(29)15-18/h2-12,15,23H,13-14,16-17H2,1H3,(H,30,34)/t23-/m0/s1. The quantitative estimate of drug-likeness (QED) is 0.465. The fourth-order valence-corrected chi connectivity index (χ4v) is 5.20. The lowest BCUT2D eigenvalue weighted by atomic mass is 10.1. The minimum atomic E-state index is -0.682. The summed E-state index contributed by atoms with van der Waals surface area (Å²) in [5, 5.41) is 3.39. The molecular weight excluding hydrogens is 491 g/mol. The zero-order chi connectivity index (χ0) is 25.8. The zero-order valence-corrected chi connectivity index (χ0v) is 21.0. The number of nitrogens with zero attached hydrogens (tertiary/aromatic N) is 3. The lowest BCUT2D eigenvalue weighted by Crippen LogP contribution is -2.41. The van der Waals surface area contributed by atoms with Gasteiger partial charge in [-0.2, -0.15) is 0 Å². The third-order valence-electron chi connectivity index (χ3n) is 6.12. The molecule has 9 heteroatoms. The zero-order valence-electron chi connectivity index (χ0n) is 20.2. The van der Waals surface area contributed by atoms with E-state index in [2.05, 4.69) is 5.32 Å². The number of nitrogens with one attached hydrogen (secondary N) is 1. The Bertz CT molecular complexity index is 1410. The molecule has 0 aromatic heterocycles. The number of fused-ring (bicyclic) bond motifs is 3. The van der Waals surface area contributed by atoms with Crippen LogP contribution in [0.25, 0.3) is 0 Å². The van der Waals surface area contributed by atoms with E-state index in [0.717, 1.165) is 22.4 Å². The molecule has 2 aliphatic heterocycles. The first kappa shape index (κ1) is 24.7. The van der Waals surface area contributed by atoms with Crippen molar-refractivity contribution in [2.24, 2.45) is 9.98 Å². The summed E-state index contributed by atoms with van der Waals surface area (Å²) in [6.07, 6.45) is 0.432. The molecule has 37 heavy (non-hydrogen) atoms. The Hall–Kier alpha value is -3.98. The normalized spacial score (nSPS) is 16.0. The monoisotopic (exact) mass is 516 g/mol. The molecule has 0 unspecified atom stereocenters. The lowest BCUT2D eigenvalue weighted by molar-refractivity contribution is -0.125. The summed E-state index contributed by atoms with van der Waals surface area (Å²) in [6, 6.07) is 20.7. The van der Waals surface area contributed by atoms with E-state index in [9.17, 15) is 14.0 Å². The van der Waals surface area contributed by atoms with E-state index >= 15 is 0 Å². The van der Waals surface area contributed by atoms with Crippen molar-refractivity contribution < 1.29 is 18.7 Å². The summed E-state index contributed by atoms with van der Waals surface area (Å²) in [7, 11) is 1.59. The third kappa shape index (κ3) is 5.41. The number of methoxy groups -OCH3 is 1. The fraction of sp³-hybridized carbons (Fsp3) is 0.214. The molecule has 0 saturated carbocycles. The molecule has 188 valence electrons. The van der Waals surface area contributed by atoms with E-state index in [0.29, 0.717) is 29.1 Å². The van der Waals surface area contributed by atoms with Crippen molar-refractivity contribution in [2.75, 3.05) is 7.11 Å². The summed E-state index contributed by atoms with van der Waals surface area (Å²) in [5.41, 5.74) is 3.16. The number of carbonyl (C=O) groups excluding carboxylic acids is 2. The molecular formula is C28H25FN4O3S. The van der Waals surface area contributed by atoms with Crippen molar-refractivity contribution >= 4 is 40.3 Å². The van der Waals surface area contributed by atoms with Crippen molar-refractivity contribution in [2.45, 2.75) is 31.2 Å². The fourth-order valence-electron chi connectivity index (χ4n) is 4.26. The largest absolute Gasteiger partial charge is 0.496 e. The molecule has 3 aromatic carbocycles. The van der Waals surface area contributed by atoms with Gasteiger partial charge in [-0.3, -0.25) is 14.6 Å². The maximum atomic E-state index is 13.6. The smallest absolute Gasteiger partial charge is 0.259 e. The second kappa shape index (κ2) is 11.0. The Morgan fingerprint density at radius 1 is 1.11 bits per heavy atom. The number of ether oxygens (including phenoxy) is 1. The molecule has 7 nitrogen and oxygen atoms in total. The molecule has 0 spiro atoms. The van der Waals surface area contributed by atoms with Crippen LogP contribution in [0.15, 0.2) is 82.8 Å². The molecule has 2 heterocycles. The molecule has 3 aromatic rings. The van der Waals surface area contributed by atoms with Gasteiger partial charge in [-0.1, -0.05) is 54.2 Å². The number of para-hydroxylation sites is 2. The molecule has 0 radical (unpaired) electrons. The van der Waals surface area contributed by atoms with Crippen LogP contribution in [0.3, 0.4) is 0 Å². The second-order valence-electron chi connectivity index (χ2n) is 8.60. The Morgan fingerprint density at radius 2 is 1.92 bits per heavy atom. The van der Waals surface area contributed by atoms with Crippen LogP contribution in [0.1, 0.15) is 29.5 Å². The topological polar surface area (TPSA) is 83.4 Å². The predicted octanol–water partition coefficient (Wildman–Crippen LogP) is 4.82. The molecule has 1 atom stereocenters. The number of thioether (sulfide) groups is 1. The first-order valence-electron chi connectivity index (χ1n) is 11.9. The van der Waals surface area contributed by atoms with E-state index in [4.69, 9.17) is 14.7 Å². The summed E-state index contributed by atoms with van der Waals surface area (Å²) < 4.78 is 19.0. The third-order valence-corrected chi connectivity index (χ3v) is 7.13. The molecule has 5 rings (SSSR count). The molecule has 0 fully saturated rings. The lowest BCUT2D eigenvalue weighted by Gasteiger charge is -2.25. The summed E-state index contributed by atoms with van der Waals surface area (Å²) >= 11 is 1.36. The first-order chi connectivity index (χ1) is 18.0. The van der Waals surface area contributed by atoms with Crippen LogP contribution in [0.4, 0.5) is 10.1 Å². The summed E-state index contributed by atoms with van der Waals surface area (Å²) in [6.45, 7) is 0.336. The van der Waals surface area contributed by atoms with Gasteiger partial charge in [-0.25, -0.2) is 14.3 Å². The van der Waals surface area contributed by atoms with E-state index < -0.39 is 6.04 Å². The number of rotatable bonds is 8. The van der Waals surface area contributed by atoms with Gasteiger partial charge in [0.25, 0.3) is 5.91 Å². The van der Waals surface area contributed by atoms with Gasteiger partial charge in [-0.15, -0.1) is 0 Å². The number of benzene rings is 3. The molecule has 1 N–H and O–H groups in total. The van der Waals surface area contributed by atoms with Gasteiger partial charge in [0.05, 0.1) is 12.8 Å². The van der Waals surface area contributed by atoms with Crippen LogP contribution in [-0.4, -0.2) is 40.9 Å². The Kier molecular flexibility index (Phi) is 7.32. The first-order valence-corrected chi connectivity index (χ1v) is 12.9. The number of carbonyl (C=O) groups is 2. The number of aliphatic imine (C=N–C) groups is 2. The summed E-state index contributed by atoms with van der Waals surface area (Å²) in [5.74, 6) is 1.00. The molecule has 2 aliphatic rings. The van der Waals surface area contributed by atoms with Crippen molar-refractivity contribution in [3.8, 4) is 5.75 Å². The highest BCUT2D eigenvalue weighted by Crippen LogP contribution is 2.35. The number of amides is 2. The van der Waals surface area contributed by atoms with Crippen LogP contribution in [0.5, 0.6) is 5.75 Å². The van der Waals surface area contributed by atoms with E-state index in [1.165, 1.54) is 28.8 Å². The Balaban J connectivity index is 1.27. The highest BCUT2D eigenvalue weighted by Gasteiger charge is 2.41. The Morgan fingerprint density at radius 3 is 2.76 bits per heavy atom. The van der Waals surface area contributed by atoms with Crippen LogP contribution in [0, 0.1) is 5.82 Å². The molecule has 0 aliphatic carbocycles. The van der Waals surface area contributed by atoms with Crippen LogP contribution < -0.4 is 10.1 Å². The SMILES string of the molecule is COc1ccccc1CNC(=O)CC[C@@H]1N=C2c3ccccc3N=C(SCc3cccc(F)c3)N2C1=O. The maximum Gasteiger partial charge on any atom is 0.259 e. The van der Waals surface area contributed by atoms with Crippen molar-refractivity contribution in [3.63, 3.8) is 0 Å². The van der Waals surface area contributed by atoms with Crippen molar-refractivity contribution in [1.29, 1.82) is 0 Å². The number of hydrogen-bond donors (Lipinski definition) is 1. The maximum absolute atomic E-state index is 13.6. The summed E-state index contributed by atoms with van der Waals surface area (Å²) in [4.78, 5) is 36.9. The average molecular weight is 517 g/mol.